The molecule has 1 aliphatic carbocycles. The predicted octanol–water partition coefficient (Wildman–Crippen LogP) is 4.76. The number of benzene rings is 2. The molecule has 0 radical (unpaired) electrons. The fraction of sp³-hybridized carbons (Fsp3) is 0.346. The minimum absolute atomic E-state index is 0.0440. The molecule has 33 heavy (non-hydrogen) atoms. The molecule has 1 aromatic heterocycles. The molecule has 2 aromatic carbocycles. The van der Waals surface area contributed by atoms with Crippen molar-refractivity contribution in [3.05, 3.63) is 65.0 Å². The molecule has 1 atom stereocenters. The molecule has 0 fully saturated rings. The minimum atomic E-state index is -0.756. The topological polar surface area (TPSA) is 92.9 Å². The van der Waals surface area contributed by atoms with Crippen LogP contribution in [0.1, 0.15) is 48.3 Å². The molecule has 0 bridgehead atoms. The number of carbonyl (C=O) groups is 2. The smallest absolute Gasteiger partial charge is 0.303 e. The first-order valence-corrected chi connectivity index (χ1v) is 11.1. The summed E-state index contributed by atoms with van der Waals surface area (Å²) in [5.74, 6) is 1.33. The van der Waals surface area contributed by atoms with Crippen LogP contribution in [0.3, 0.4) is 0 Å². The molecule has 1 N–H and O–H groups in total. The Bertz CT molecular complexity index is 1180. The van der Waals surface area contributed by atoms with E-state index in [9.17, 15) is 9.59 Å². The van der Waals surface area contributed by atoms with E-state index in [1.165, 1.54) is 12.5 Å². The number of ether oxygens (including phenoxy) is 1. The van der Waals surface area contributed by atoms with Gasteiger partial charge >= 0.3 is 5.97 Å². The Balaban J connectivity index is 1.39. The Labute approximate surface area is 193 Å². The molecule has 1 heterocycles. The number of fused-ring (bicyclic) bond motifs is 1. The number of aromatic nitrogens is 1. The fourth-order valence-corrected chi connectivity index (χ4v) is 4.27. The van der Waals surface area contributed by atoms with E-state index in [1.54, 1.807) is 11.9 Å². The number of rotatable bonds is 8. The number of nitrogens with zero attached hydrogens (tertiary/aromatic N) is 2. The van der Waals surface area contributed by atoms with E-state index in [0.29, 0.717) is 18.9 Å². The molecular weight excluding hydrogens is 420 g/mol. The number of hydrogen-bond acceptors (Lipinski definition) is 5. The van der Waals surface area contributed by atoms with Gasteiger partial charge in [-0.15, -0.1) is 0 Å². The second kappa shape index (κ2) is 9.48. The Morgan fingerprint density at radius 1 is 1.24 bits per heavy atom. The van der Waals surface area contributed by atoms with E-state index >= 15 is 0 Å². The lowest BCUT2D eigenvalue weighted by atomic mass is 9.98. The van der Waals surface area contributed by atoms with Crippen molar-refractivity contribution in [2.45, 2.75) is 45.4 Å². The molecule has 4 rings (SSSR count). The zero-order chi connectivity index (χ0) is 23.5. The summed E-state index contributed by atoms with van der Waals surface area (Å²) in [4.78, 5) is 28.9. The van der Waals surface area contributed by atoms with Crippen LogP contribution in [0.5, 0.6) is 5.75 Å². The summed E-state index contributed by atoms with van der Waals surface area (Å²) in [5.41, 5.74) is 4.72. The van der Waals surface area contributed by atoms with E-state index in [1.807, 2.05) is 49.4 Å². The number of carboxylic acid groups (broad SMARTS) is 1. The maximum atomic E-state index is 11.7. The number of anilines is 1. The van der Waals surface area contributed by atoms with Crippen molar-refractivity contribution in [3.63, 3.8) is 0 Å². The molecule has 1 amide bonds. The summed E-state index contributed by atoms with van der Waals surface area (Å²) in [7, 11) is 1.73. The van der Waals surface area contributed by atoms with E-state index < -0.39 is 5.97 Å². The number of carbonyl (C=O) groups excluding carboxylic acids is 1. The Morgan fingerprint density at radius 3 is 2.82 bits per heavy atom. The van der Waals surface area contributed by atoms with Crippen molar-refractivity contribution in [2.24, 2.45) is 0 Å². The van der Waals surface area contributed by atoms with Crippen LogP contribution in [0.25, 0.3) is 11.5 Å². The van der Waals surface area contributed by atoms with Crippen LogP contribution in [-0.2, 0) is 22.4 Å². The summed E-state index contributed by atoms with van der Waals surface area (Å²) in [6.45, 7) is 3.86. The number of hydrogen-bond donors (Lipinski definition) is 1. The maximum Gasteiger partial charge on any atom is 0.303 e. The molecule has 0 saturated carbocycles. The van der Waals surface area contributed by atoms with Gasteiger partial charge in [-0.3, -0.25) is 9.59 Å². The standard InChI is InChI=1S/C26H28N2O5/c1-16-24(27-26(33-16)20-5-4-6-21(13-20)28(3)17(2)29)11-12-32-22-9-10-23-18(14-22)7-8-19(23)15-25(30)31/h4-6,9-10,13-14,19H,7-8,11-12,15H2,1-3H3,(H,30,31)/t19-/m1/s1. The van der Waals surface area contributed by atoms with Crippen LogP contribution in [0, 0.1) is 6.92 Å². The van der Waals surface area contributed by atoms with Gasteiger partial charge in [0.1, 0.15) is 11.5 Å². The highest BCUT2D eigenvalue weighted by Crippen LogP contribution is 2.37. The Morgan fingerprint density at radius 2 is 2.06 bits per heavy atom. The van der Waals surface area contributed by atoms with Crippen molar-refractivity contribution in [2.75, 3.05) is 18.6 Å². The van der Waals surface area contributed by atoms with Gasteiger partial charge in [-0.05, 0) is 67.1 Å². The van der Waals surface area contributed by atoms with Gasteiger partial charge in [0.25, 0.3) is 0 Å². The van der Waals surface area contributed by atoms with Gasteiger partial charge in [0.15, 0.2) is 0 Å². The number of amides is 1. The molecule has 7 heteroatoms. The Kier molecular flexibility index (Phi) is 6.49. The zero-order valence-electron chi connectivity index (χ0n) is 19.1. The molecule has 172 valence electrons. The van der Waals surface area contributed by atoms with Crippen LogP contribution < -0.4 is 9.64 Å². The Hall–Kier alpha value is -3.61. The summed E-state index contributed by atoms with van der Waals surface area (Å²) >= 11 is 0. The van der Waals surface area contributed by atoms with Gasteiger partial charge in [-0.2, -0.15) is 0 Å². The molecule has 0 unspecified atom stereocenters. The number of aliphatic carboxylic acids is 1. The van der Waals surface area contributed by atoms with Gasteiger partial charge in [-0.1, -0.05) is 12.1 Å². The van der Waals surface area contributed by atoms with Crippen molar-refractivity contribution in [1.29, 1.82) is 0 Å². The SMILES string of the molecule is CC(=O)N(C)c1cccc(-c2nc(CCOc3ccc4c(c3)CC[C@@H]4CC(=O)O)c(C)o2)c1. The zero-order valence-corrected chi connectivity index (χ0v) is 19.1. The van der Waals surface area contributed by atoms with Gasteiger partial charge in [0.05, 0.1) is 18.7 Å². The van der Waals surface area contributed by atoms with E-state index in [0.717, 1.165) is 46.9 Å². The largest absolute Gasteiger partial charge is 0.493 e. The fourth-order valence-electron chi connectivity index (χ4n) is 4.27. The van der Waals surface area contributed by atoms with Gasteiger partial charge in [-0.25, -0.2) is 4.98 Å². The number of aryl methyl sites for hydroxylation is 2. The van der Waals surface area contributed by atoms with Crippen LogP contribution in [0.15, 0.2) is 46.9 Å². The lowest BCUT2D eigenvalue weighted by Gasteiger charge is -2.15. The highest BCUT2D eigenvalue weighted by atomic mass is 16.5. The molecule has 7 nitrogen and oxygen atoms in total. The first-order valence-electron chi connectivity index (χ1n) is 11.1. The van der Waals surface area contributed by atoms with Crippen LogP contribution in [0.4, 0.5) is 5.69 Å². The molecule has 0 saturated heterocycles. The lowest BCUT2D eigenvalue weighted by molar-refractivity contribution is -0.137. The summed E-state index contributed by atoms with van der Waals surface area (Å²) in [6.07, 6.45) is 2.53. The first kappa shape index (κ1) is 22.6. The quantitative estimate of drug-likeness (QED) is 0.534. The van der Waals surface area contributed by atoms with Crippen LogP contribution in [-0.4, -0.2) is 35.6 Å². The van der Waals surface area contributed by atoms with Gasteiger partial charge in [0, 0.05) is 31.6 Å². The van der Waals surface area contributed by atoms with Crippen molar-refractivity contribution >= 4 is 17.6 Å². The van der Waals surface area contributed by atoms with Crippen molar-refractivity contribution < 1.29 is 23.8 Å². The first-order chi connectivity index (χ1) is 15.8. The number of carboxylic acids is 1. The molecular formula is C26H28N2O5. The average Bonchev–Trinajstić information content (AvgIpc) is 3.36. The van der Waals surface area contributed by atoms with Crippen LogP contribution in [0.2, 0.25) is 0 Å². The monoisotopic (exact) mass is 448 g/mol. The number of oxazole rings is 1. The second-order valence-corrected chi connectivity index (χ2v) is 8.44. The summed E-state index contributed by atoms with van der Waals surface area (Å²) in [6, 6.07) is 13.5. The lowest BCUT2D eigenvalue weighted by Crippen LogP contribution is -2.22. The van der Waals surface area contributed by atoms with Gasteiger partial charge < -0.3 is 19.2 Å². The third kappa shape index (κ3) is 5.08. The maximum absolute atomic E-state index is 11.7. The van der Waals surface area contributed by atoms with E-state index in [4.69, 9.17) is 14.3 Å². The minimum Gasteiger partial charge on any atom is -0.493 e. The normalized spacial score (nSPS) is 14.7. The highest BCUT2D eigenvalue weighted by Gasteiger charge is 2.25. The van der Waals surface area contributed by atoms with E-state index in [-0.39, 0.29) is 18.2 Å². The van der Waals surface area contributed by atoms with Crippen molar-refractivity contribution in [1.82, 2.24) is 4.98 Å². The molecule has 0 spiro atoms. The van der Waals surface area contributed by atoms with E-state index in [2.05, 4.69) is 4.98 Å². The average molecular weight is 449 g/mol. The summed E-state index contributed by atoms with van der Waals surface area (Å²) < 4.78 is 11.8. The summed E-state index contributed by atoms with van der Waals surface area (Å²) in [5, 5.41) is 9.08. The molecule has 0 aliphatic heterocycles. The molecule has 1 aliphatic rings. The van der Waals surface area contributed by atoms with Crippen molar-refractivity contribution in [3.8, 4) is 17.2 Å². The highest BCUT2D eigenvalue weighted by molar-refractivity contribution is 5.91. The van der Waals surface area contributed by atoms with Crippen LogP contribution >= 0.6 is 0 Å². The predicted molar refractivity (Wildman–Crippen MR) is 125 cm³/mol. The third-order valence-corrected chi connectivity index (χ3v) is 6.19. The molecule has 3 aromatic rings. The third-order valence-electron chi connectivity index (χ3n) is 6.19. The van der Waals surface area contributed by atoms with Gasteiger partial charge in [0.2, 0.25) is 11.8 Å². The second-order valence-electron chi connectivity index (χ2n) is 8.44.